The molecular formula is C21H25ClN2O5. The summed E-state index contributed by atoms with van der Waals surface area (Å²) in [5.41, 5.74) is 1.76. The second-order valence-electron chi connectivity index (χ2n) is 6.44. The third-order valence-corrected chi connectivity index (χ3v) is 4.64. The second-order valence-corrected chi connectivity index (χ2v) is 6.44. The van der Waals surface area contributed by atoms with Gasteiger partial charge in [-0.1, -0.05) is 12.1 Å². The molecule has 8 heteroatoms. The van der Waals surface area contributed by atoms with Crippen LogP contribution < -0.4 is 20.3 Å². The van der Waals surface area contributed by atoms with E-state index in [1.807, 2.05) is 18.2 Å². The molecule has 0 aliphatic carbocycles. The van der Waals surface area contributed by atoms with Gasteiger partial charge in [0.15, 0.2) is 11.5 Å². The van der Waals surface area contributed by atoms with Crippen molar-refractivity contribution in [2.45, 2.75) is 12.5 Å². The van der Waals surface area contributed by atoms with Crippen LogP contribution in [-0.2, 0) is 6.42 Å². The maximum Gasteiger partial charge on any atom is 0.248 e. The van der Waals surface area contributed by atoms with Crippen LogP contribution in [0.2, 0.25) is 0 Å². The summed E-state index contributed by atoms with van der Waals surface area (Å²) in [7, 11) is 3.20. The summed E-state index contributed by atoms with van der Waals surface area (Å²) in [5, 5.41) is 24.3. The van der Waals surface area contributed by atoms with E-state index in [0.29, 0.717) is 41.1 Å². The Morgan fingerprint density at radius 2 is 1.83 bits per heavy atom. The van der Waals surface area contributed by atoms with Gasteiger partial charge in [0.25, 0.3) is 0 Å². The number of hydrogen-bond acceptors (Lipinski definition) is 6. The number of aromatic hydroxyl groups is 1. The van der Waals surface area contributed by atoms with Crippen molar-refractivity contribution in [3.05, 3.63) is 63.9 Å². The van der Waals surface area contributed by atoms with Crippen molar-refractivity contribution in [1.82, 2.24) is 10.3 Å². The summed E-state index contributed by atoms with van der Waals surface area (Å²) in [6.45, 7) is 1.01. The second kappa shape index (κ2) is 10.2. The number of phenolic OH excluding ortho intramolecular Hbond substituents is 1. The molecule has 156 valence electrons. The van der Waals surface area contributed by atoms with Gasteiger partial charge in [0.2, 0.25) is 5.56 Å². The maximum absolute atomic E-state index is 11.5. The Kier molecular flexibility index (Phi) is 7.90. The number of aliphatic hydroxyl groups excluding tert-OH is 1. The molecule has 1 heterocycles. The Morgan fingerprint density at radius 3 is 2.55 bits per heavy atom. The van der Waals surface area contributed by atoms with E-state index in [1.165, 1.54) is 12.1 Å². The van der Waals surface area contributed by atoms with Crippen molar-refractivity contribution in [1.29, 1.82) is 0 Å². The average molecular weight is 421 g/mol. The first-order valence-electron chi connectivity index (χ1n) is 8.98. The van der Waals surface area contributed by atoms with Crippen molar-refractivity contribution < 1.29 is 19.7 Å². The molecule has 0 bridgehead atoms. The van der Waals surface area contributed by atoms with Gasteiger partial charge in [-0.25, -0.2) is 0 Å². The van der Waals surface area contributed by atoms with Gasteiger partial charge in [-0.15, -0.1) is 12.4 Å². The molecule has 2 aromatic carbocycles. The number of hydrogen-bond donors (Lipinski definition) is 4. The molecule has 7 nitrogen and oxygen atoms in total. The van der Waals surface area contributed by atoms with E-state index in [-0.39, 0.29) is 23.7 Å². The normalized spacial score (nSPS) is 11.7. The van der Waals surface area contributed by atoms with Gasteiger partial charge in [0, 0.05) is 18.0 Å². The first-order chi connectivity index (χ1) is 13.5. The lowest BCUT2D eigenvalue weighted by Crippen LogP contribution is -2.24. The average Bonchev–Trinajstić information content (AvgIpc) is 2.71. The quantitative estimate of drug-likeness (QED) is 0.417. The summed E-state index contributed by atoms with van der Waals surface area (Å²) in [5.74, 6) is 1.35. The molecule has 0 radical (unpaired) electrons. The molecular weight excluding hydrogens is 396 g/mol. The molecule has 0 saturated heterocycles. The van der Waals surface area contributed by atoms with Crippen molar-refractivity contribution in [2.75, 3.05) is 27.3 Å². The van der Waals surface area contributed by atoms with E-state index in [1.54, 1.807) is 26.4 Å². The number of aliphatic hydroxyl groups is 1. The summed E-state index contributed by atoms with van der Waals surface area (Å²) < 4.78 is 10.5. The van der Waals surface area contributed by atoms with E-state index in [0.717, 1.165) is 12.0 Å². The summed E-state index contributed by atoms with van der Waals surface area (Å²) in [4.78, 5) is 14.1. The molecule has 0 amide bonds. The predicted octanol–water partition coefficient (Wildman–Crippen LogP) is 2.54. The summed E-state index contributed by atoms with van der Waals surface area (Å²) in [6, 6.07) is 11.9. The lowest BCUT2D eigenvalue weighted by atomic mass is 10.0. The SMILES string of the molecule is COc1ccc(CCNCC(O)c2ccc(O)c3[nH]c(=O)ccc23)cc1OC.Cl. The minimum absolute atomic E-state index is 0. The van der Waals surface area contributed by atoms with E-state index < -0.39 is 6.10 Å². The van der Waals surface area contributed by atoms with Crippen LogP contribution in [0.3, 0.4) is 0 Å². The van der Waals surface area contributed by atoms with Crippen LogP contribution in [0, 0.1) is 0 Å². The Labute approximate surface area is 174 Å². The fourth-order valence-electron chi connectivity index (χ4n) is 3.17. The van der Waals surface area contributed by atoms with Crippen molar-refractivity contribution in [2.24, 2.45) is 0 Å². The van der Waals surface area contributed by atoms with E-state index in [9.17, 15) is 15.0 Å². The van der Waals surface area contributed by atoms with Gasteiger partial charge >= 0.3 is 0 Å². The molecule has 0 aliphatic heterocycles. The number of nitrogens with one attached hydrogen (secondary N) is 2. The zero-order valence-electron chi connectivity index (χ0n) is 16.3. The Bertz CT molecular complexity index is 1020. The first kappa shape index (κ1) is 22.5. The number of H-pyrrole nitrogens is 1. The van der Waals surface area contributed by atoms with Crippen LogP contribution in [0.1, 0.15) is 17.2 Å². The van der Waals surface area contributed by atoms with Crippen LogP contribution >= 0.6 is 12.4 Å². The molecule has 0 fully saturated rings. The largest absolute Gasteiger partial charge is 0.506 e. The third kappa shape index (κ3) is 5.20. The van der Waals surface area contributed by atoms with E-state index in [4.69, 9.17) is 9.47 Å². The topological polar surface area (TPSA) is 104 Å². The smallest absolute Gasteiger partial charge is 0.248 e. The minimum atomic E-state index is -0.778. The minimum Gasteiger partial charge on any atom is -0.506 e. The van der Waals surface area contributed by atoms with Gasteiger partial charge in [-0.3, -0.25) is 4.79 Å². The number of benzene rings is 2. The number of pyridine rings is 1. The first-order valence-corrected chi connectivity index (χ1v) is 8.98. The van der Waals surface area contributed by atoms with Gasteiger partial charge in [-0.05, 0) is 48.4 Å². The molecule has 0 saturated carbocycles. The Hall–Kier alpha value is -2.74. The fraction of sp³-hybridized carbons (Fsp3) is 0.286. The Morgan fingerprint density at radius 1 is 1.07 bits per heavy atom. The highest BCUT2D eigenvalue weighted by Gasteiger charge is 2.14. The maximum atomic E-state index is 11.5. The monoisotopic (exact) mass is 420 g/mol. The van der Waals surface area contributed by atoms with Gasteiger partial charge in [-0.2, -0.15) is 0 Å². The molecule has 0 spiro atoms. The number of halogens is 1. The highest BCUT2D eigenvalue weighted by atomic mass is 35.5. The number of aromatic amines is 1. The zero-order chi connectivity index (χ0) is 20.1. The van der Waals surface area contributed by atoms with Crippen LogP contribution in [0.4, 0.5) is 0 Å². The van der Waals surface area contributed by atoms with Crippen LogP contribution in [-0.4, -0.2) is 42.5 Å². The van der Waals surface area contributed by atoms with E-state index >= 15 is 0 Å². The van der Waals surface area contributed by atoms with Crippen LogP contribution in [0.25, 0.3) is 10.9 Å². The van der Waals surface area contributed by atoms with Crippen LogP contribution in [0.15, 0.2) is 47.3 Å². The molecule has 3 aromatic rings. The number of methoxy groups -OCH3 is 2. The third-order valence-electron chi connectivity index (χ3n) is 4.64. The number of rotatable bonds is 8. The summed E-state index contributed by atoms with van der Waals surface area (Å²) >= 11 is 0. The van der Waals surface area contributed by atoms with Gasteiger partial charge < -0.3 is 30.0 Å². The van der Waals surface area contributed by atoms with Crippen molar-refractivity contribution in [3.8, 4) is 17.2 Å². The van der Waals surface area contributed by atoms with Gasteiger partial charge in [0.05, 0.1) is 25.8 Å². The molecule has 0 aliphatic rings. The molecule has 3 rings (SSSR count). The number of phenols is 1. The predicted molar refractivity (Wildman–Crippen MR) is 115 cm³/mol. The zero-order valence-corrected chi connectivity index (χ0v) is 17.1. The standard InChI is InChI=1S/C21H24N2O5.ClH/c1-27-18-7-3-13(11-19(18)28-2)9-10-22-12-17(25)14-4-6-16(24)21-15(14)5-8-20(26)23-21;/h3-8,11,17,22,24-25H,9-10,12H2,1-2H3,(H,23,26);1H. The van der Waals surface area contributed by atoms with Crippen molar-refractivity contribution in [3.63, 3.8) is 0 Å². The lowest BCUT2D eigenvalue weighted by molar-refractivity contribution is 0.176. The highest BCUT2D eigenvalue weighted by molar-refractivity contribution is 5.87. The molecule has 1 unspecified atom stereocenters. The molecule has 29 heavy (non-hydrogen) atoms. The summed E-state index contributed by atoms with van der Waals surface area (Å²) in [6.07, 6.45) is -0.0177. The Balaban J connectivity index is 0.00000300. The lowest BCUT2D eigenvalue weighted by Gasteiger charge is -2.15. The molecule has 1 atom stereocenters. The van der Waals surface area contributed by atoms with E-state index in [2.05, 4.69) is 10.3 Å². The highest BCUT2D eigenvalue weighted by Crippen LogP contribution is 2.29. The number of ether oxygens (including phenoxy) is 2. The molecule has 1 aromatic heterocycles. The van der Waals surface area contributed by atoms with Crippen LogP contribution in [0.5, 0.6) is 17.2 Å². The number of aromatic nitrogens is 1. The molecule has 4 N–H and O–H groups in total. The number of fused-ring (bicyclic) bond motifs is 1. The van der Waals surface area contributed by atoms with Crippen molar-refractivity contribution >= 4 is 23.3 Å². The fourth-order valence-corrected chi connectivity index (χ4v) is 3.17. The van der Waals surface area contributed by atoms with Gasteiger partial charge in [0.1, 0.15) is 5.75 Å².